The van der Waals surface area contributed by atoms with E-state index in [1.54, 1.807) is 6.92 Å². The van der Waals surface area contributed by atoms with Crippen molar-refractivity contribution in [1.82, 2.24) is 14.8 Å². The zero-order valence-corrected chi connectivity index (χ0v) is 12.0. The van der Waals surface area contributed by atoms with Crippen molar-refractivity contribution in [3.63, 3.8) is 0 Å². The second-order valence-electron chi connectivity index (χ2n) is 4.27. The Morgan fingerprint density at radius 1 is 1.44 bits per heavy atom. The Morgan fingerprint density at radius 2 is 2.11 bits per heavy atom. The highest BCUT2D eigenvalue weighted by Gasteiger charge is 2.18. The van der Waals surface area contributed by atoms with Crippen LogP contribution in [-0.4, -0.2) is 33.1 Å². The summed E-state index contributed by atoms with van der Waals surface area (Å²) in [6.45, 7) is 8.07. The van der Waals surface area contributed by atoms with E-state index < -0.39 is 0 Å². The van der Waals surface area contributed by atoms with E-state index in [0.717, 1.165) is 5.16 Å². The molecule has 0 bridgehead atoms. The molecule has 0 amide bonds. The topological polar surface area (TPSA) is 83.0 Å². The third kappa shape index (κ3) is 3.63. The fourth-order valence-electron chi connectivity index (χ4n) is 1.42. The van der Waals surface area contributed by atoms with Gasteiger partial charge in [-0.2, -0.15) is 0 Å². The number of aromatic nitrogens is 3. The van der Waals surface area contributed by atoms with E-state index in [0.29, 0.717) is 18.3 Å². The fourth-order valence-corrected chi connectivity index (χ4v) is 2.50. The Kier molecular flexibility index (Phi) is 5.46. The molecule has 18 heavy (non-hydrogen) atoms. The van der Waals surface area contributed by atoms with E-state index in [2.05, 4.69) is 10.2 Å². The van der Waals surface area contributed by atoms with E-state index >= 15 is 0 Å². The zero-order chi connectivity index (χ0) is 13.7. The summed E-state index contributed by atoms with van der Waals surface area (Å²) in [5.74, 6) is 0.641. The molecule has 1 atom stereocenters. The summed E-state index contributed by atoms with van der Waals surface area (Å²) in [5, 5.41) is 8.60. The molecule has 0 aliphatic heterocycles. The van der Waals surface area contributed by atoms with Gasteiger partial charge in [-0.1, -0.05) is 18.7 Å². The number of carbonyl (C=O) groups excluding carboxylic acids is 1. The van der Waals surface area contributed by atoms with Crippen molar-refractivity contribution in [2.24, 2.45) is 5.92 Å². The van der Waals surface area contributed by atoms with Crippen LogP contribution in [0.25, 0.3) is 0 Å². The minimum atomic E-state index is -0.186. The van der Waals surface area contributed by atoms with Gasteiger partial charge < -0.3 is 10.5 Å². The molecule has 0 aromatic carbocycles. The van der Waals surface area contributed by atoms with Crippen molar-refractivity contribution in [1.29, 1.82) is 0 Å². The molecule has 1 unspecified atom stereocenters. The van der Waals surface area contributed by atoms with Crippen molar-refractivity contribution in [3.05, 3.63) is 0 Å². The van der Waals surface area contributed by atoms with Gasteiger partial charge in [0.2, 0.25) is 5.95 Å². The molecule has 102 valence electrons. The van der Waals surface area contributed by atoms with E-state index in [1.807, 2.05) is 25.3 Å². The number of anilines is 1. The molecule has 0 radical (unpaired) electrons. The third-order valence-corrected chi connectivity index (χ3v) is 3.56. The first-order chi connectivity index (χ1) is 8.47. The summed E-state index contributed by atoms with van der Waals surface area (Å²) < 4.78 is 6.80. The third-order valence-electron chi connectivity index (χ3n) is 2.36. The molecular weight excluding hydrogens is 252 g/mol. The van der Waals surface area contributed by atoms with Gasteiger partial charge in [0.1, 0.15) is 0 Å². The molecule has 6 nitrogen and oxygen atoms in total. The lowest BCUT2D eigenvalue weighted by Crippen LogP contribution is -2.17. The van der Waals surface area contributed by atoms with Crippen molar-refractivity contribution < 1.29 is 9.53 Å². The van der Waals surface area contributed by atoms with E-state index in [1.165, 1.54) is 11.8 Å². The predicted molar refractivity (Wildman–Crippen MR) is 71.3 cm³/mol. The van der Waals surface area contributed by atoms with Gasteiger partial charge in [-0.05, 0) is 20.8 Å². The average molecular weight is 272 g/mol. The molecule has 0 aliphatic rings. The van der Waals surface area contributed by atoms with Gasteiger partial charge in [0.15, 0.2) is 5.16 Å². The number of nitrogen functional groups attached to an aromatic ring is 1. The molecule has 0 aliphatic carbocycles. The first kappa shape index (κ1) is 14.8. The van der Waals surface area contributed by atoms with Crippen LogP contribution in [0.15, 0.2) is 5.16 Å². The molecule has 0 fully saturated rings. The fraction of sp³-hybridized carbons (Fsp3) is 0.727. The highest BCUT2D eigenvalue weighted by molar-refractivity contribution is 7.99. The molecule has 0 saturated heterocycles. The van der Waals surface area contributed by atoms with Gasteiger partial charge in [0.05, 0.1) is 12.5 Å². The Balaban J connectivity index is 2.61. The van der Waals surface area contributed by atoms with Gasteiger partial charge in [0, 0.05) is 11.8 Å². The normalized spacial score (nSPS) is 12.7. The Bertz CT molecular complexity index is 406. The summed E-state index contributed by atoms with van der Waals surface area (Å²) in [7, 11) is 0. The lowest BCUT2D eigenvalue weighted by Gasteiger charge is -2.13. The van der Waals surface area contributed by atoms with Gasteiger partial charge in [0.25, 0.3) is 0 Å². The number of rotatable bonds is 6. The molecule has 2 N–H and O–H groups in total. The van der Waals surface area contributed by atoms with Crippen molar-refractivity contribution in [3.8, 4) is 0 Å². The SMILES string of the molecule is CCOC(=O)C(C)CSc1nnc(N)n1C(C)C. The number of nitrogens with zero attached hydrogens (tertiary/aromatic N) is 3. The predicted octanol–water partition coefficient (Wildman–Crippen LogP) is 1.73. The maximum absolute atomic E-state index is 11.5. The summed E-state index contributed by atoms with van der Waals surface area (Å²) >= 11 is 1.47. The lowest BCUT2D eigenvalue weighted by molar-refractivity contribution is -0.146. The summed E-state index contributed by atoms with van der Waals surface area (Å²) in [6.07, 6.45) is 0. The van der Waals surface area contributed by atoms with Crippen LogP contribution in [0, 0.1) is 5.92 Å². The van der Waals surface area contributed by atoms with Crippen LogP contribution in [0.1, 0.15) is 33.7 Å². The highest BCUT2D eigenvalue weighted by Crippen LogP contribution is 2.24. The van der Waals surface area contributed by atoms with Gasteiger partial charge in [-0.25, -0.2) is 0 Å². The van der Waals surface area contributed by atoms with Crippen LogP contribution in [0.2, 0.25) is 0 Å². The maximum Gasteiger partial charge on any atom is 0.309 e. The summed E-state index contributed by atoms with van der Waals surface area (Å²) in [4.78, 5) is 11.5. The van der Waals surface area contributed by atoms with Crippen LogP contribution in [-0.2, 0) is 9.53 Å². The molecule has 0 spiro atoms. The lowest BCUT2D eigenvalue weighted by atomic mass is 10.2. The number of hydrogen-bond acceptors (Lipinski definition) is 6. The van der Waals surface area contributed by atoms with E-state index in [9.17, 15) is 4.79 Å². The Hall–Kier alpha value is -1.24. The second-order valence-corrected chi connectivity index (χ2v) is 5.26. The van der Waals surface area contributed by atoms with Crippen molar-refractivity contribution in [2.75, 3.05) is 18.1 Å². The number of hydrogen-bond donors (Lipinski definition) is 1. The minimum Gasteiger partial charge on any atom is -0.466 e. The van der Waals surface area contributed by atoms with E-state index in [-0.39, 0.29) is 17.9 Å². The average Bonchev–Trinajstić information content (AvgIpc) is 2.67. The molecule has 1 aromatic heterocycles. The minimum absolute atomic E-state index is 0.173. The molecule has 1 heterocycles. The zero-order valence-electron chi connectivity index (χ0n) is 11.2. The monoisotopic (exact) mass is 272 g/mol. The van der Waals surface area contributed by atoms with Crippen LogP contribution in [0.5, 0.6) is 0 Å². The molecule has 0 saturated carbocycles. The van der Waals surface area contributed by atoms with Crippen LogP contribution in [0.3, 0.4) is 0 Å². The molecule has 7 heteroatoms. The standard InChI is InChI=1S/C11H20N4O2S/c1-5-17-9(16)8(4)6-18-11-14-13-10(12)15(11)7(2)3/h7-8H,5-6H2,1-4H3,(H2,12,13). The van der Waals surface area contributed by atoms with Gasteiger partial charge >= 0.3 is 5.97 Å². The van der Waals surface area contributed by atoms with Gasteiger partial charge in [-0.3, -0.25) is 9.36 Å². The highest BCUT2D eigenvalue weighted by atomic mass is 32.2. The maximum atomic E-state index is 11.5. The van der Waals surface area contributed by atoms with Crippen molar-refractivity contribution in [2.45, 2.75) is 38.9 Å². The number of thioether (sulfide) groups is 1. The van der Waals surface area contributed by atoms with E-state index in [4.69, 9.17) is 10.5 Å². The smallest absolute Gasteiger partial charge is 0.309 e. The van der Waals surface area contributed by atoms with Crippen LogP contribution < -0.4 is 5.73 Å². The number of nitrogens with two attached hydrogens (primary N) is 1. The van der Waals surface area contributed by atoms with Crippen LogP contribution in [0.4, 0.5) is 5.95 Å². The largest absolute Gasteiger partial charge is 0.466 e. The number of esters is 1. The molecular formula is C11H20N4O2S. The molecule has 1 aromatic rings. The van der Waals surface area contributed by atoms with Crippen LogP contribution >= 0.6 is 11.8 Å². The Labute approximate surface area is 111 Å². The van der Waals surface area contributed by atoms with Crippen molar-refractivity contribution >= 4 is 23.7 Å². The second kappa shape index (κ2) is 6.63. The number of carbonyl (C=O) groups is 1. The first-order valence-electron chi connectivity index (χ1n) is 5.97. The summed E-state index contributed by atoms with van der Waals surface area (Å²) in [5.41, 5.74) is 5.74. The quantitative estimate of drug-likeness (QED) is 0.627. The first-order valence-corrected chi connectivity index (χ1v) is 6.95. The molecule has 1 rings (SSSR count). The summed E-state index contributed by atoms with van der Waals surface area (Å²) in [6, 6.07) is 0.195. The van der Waals surface area contributed by atoms with Gasteiger partial charge in [-0.15, -0.1) is 10.2 Å². The Morgan fingerprint density at radius 3 is 2.67 bits per heavy atom. The number of ether oxygens (including phenoxy) is 1.